The lowest BCUT2D eigenvalue weighted by Crippen LogP contribution is -2.26. The topological polar surface area (TPSA) is 45.3 Å². The van der Waals surface area contributed by atoms with Crippen LogP contribution in [0.5, 0.6) is 5.75 Å². The first kappa shape index (κ1) is 15.4. The minimum atomic E-state index is -0.137. The Balaban J connectivity index is 1.81. The average Bonchev–Trinajstić information content (AvgIpc) is 2.92. The van der Waals surface area contributed by atoms with Gasteiger partial charge in [-0.2, -0.15) is 0 Å². The number of benzene rings is 2. The van der Waals surface area contributed by atoms with Gasteiger partial charge < -0.3 is 14.6 Å². The lowest BCUT2D eigenvalue weighted by atomic mass is 10.2. The first-order chi connectivity index (χ1) is 11.1. The molecule has 5 heteroatoms. The number of methoxy groups -OCH3 is 1. The first-order valence-corrected chi connectivity index (χ1v) is 7.62. The fraction of sp³-hybridized carbons (Fsp3) is 0.167. The summed E-state index contributed by atoms with van der Waals surface area (Å²) in [6.07, 6.45) is 0. The number of para-hydroxylation sites is 1. The predicted molar refractivity (Wildman–Crippen MR) is 92.1 cm³/mol. The van der Waals surface area contributed by atoms with E-state index in [0.717, 1.165) is 22.2 Å². The number of aromatic amines is 1. The van der Waals surface area contributed by atoms with Crippen LogP contribution >= 0.6 is 11.6 Å². The summed E-state index contributed by atoms with van der Waals surface area (Å²) < 4.78 is 5.14. The van der Waals surface area contributed by atoms with Gasteiger partial charge in [-0.25, -0.2) is 0 Å². The van der Waals surface area contributed by atoms with Crippen LogP contribution < -0.4 is 4.74 Å². The Kier molecular flexibility index (Phi) is 4.26. The van der Waals surface area contributed by atoms with Crippen molar-refractivity contribution < 1.29 is 9.53 Å². The van der Waals surface area contributed by atoms with Crippen molar-refractivity contribution in [3.8, 4) is 5.75 Å². The molecule has 0 radical (unpaired) electrons. The number of rotatable bonds is 4. The van der Waals surface area contributed by atoms with Crippen molar-refractivity contribution in [3.63, 3.8) is 0 Å². The number of fused-ring (bicyclic) bond motifs is 1. The van der Waals surface area contributed by atoms with Crippen molar-refractivity contribution in [2.24, 2.45) is 0 Å². The number of halogens is 1. The van der Waals surface area contributed by atoms with Gasteiger partial charge in [0.05, 0.1) is 12.1 Å². The summed E-state index contributed by atoms with van der Waals surface area (Å²) >= 11 is 6.34. The molecule has 3 rings (SSSR count). The Hall–Kier alpha value is -2.46. The van der Waals surface area contributed by atoms with Gasteiger partial charge in [-0.3, -0.25) is 4.79 Å². The standard InChI is InChI=1S/C18H17ClN2O2/c1-21(11-12-7-9-13(23-2)10-8-12)18(22)17-16(19)14-5-3-4-6-15(14)20-17/h3-10,20H,11H2,1-2H3. The first-order valence-electron chi connectivity index (χ1n) is 7.24. The Morgan fingerprint density at radius 1 is 1.17 bits per heavy atom. The largest absolute Gasteiger partial charge is 0.497 e. The highest BCUT2D eigenvalue weighted by Gasteiger charge is 2.19. The molecular weight excluding hydrogens is 312 g/mol. The van der Waals surface area contributed by atoms with E-state index >= 15 is 0 Å². The number of H-pyrrole nitrogens is 1. The zero-order valence-corrected chi connectivity index (χ0v) is 13.7. The second-order valence-corrected chi connectivity index (χ2v) is 5.75. The quantitative estimate of drug-likeness (QED) is 0.783. The minimum absolute atomic E-state index is 0.137. The van der Waals surface area contributed by atoms with Gasteiger partial charge in [-0.15, -0.1) is 0 Å². The van der Waals surface area contributed by atoms with Crippen LogP contribution in [-0.2, 0) is 6.54 Å². The molecule has 0 spiro atoms. The summed E-state index contributed by atoms with van der Waals surface area (Å²) in [4.78, 5) is 17.4. The molecule has 1 amide bonds. The third kappa shape index (κ3) is 3.03. The zero-order chi connectivity index (χ0) is 16.4. The van der Waals surface area contributed by atoms with Gasteiger partial charge >= 0.3 is 0 Å². The number of hydrogen-bond donors (Lipinski definition) is 1. The maximum atomic E-state index is 12.6. The van der Waals surface area contributed by atoms with Crippen molar-refractivity contribution in [1.82, 2.24) is 9.88 Å². The van der Waals surface area contributed by atoms with E-state index in [4.69, 9.17) is 16.3 Å². The van der Waals surface area contributed by atoms with Crippen LogP contribution in [0.15, 0.2) is 48.5 Å². The van der Waals surface area contributed by atoms with Gasteiger partial charge in [0.1, 0.15) is 11.4 Å². The van der Waals surface area contributed by atoms with E-state index in [9.17, 15) is 4.79 Å². The van der Waals surface area contributed by atoms with E-state index in [1.54, 1.807) is 19.1 Å². The predicted octanol–water partition coefficient (Wildman–Crippen LogP) is 4.10. The van der Waals surface area contributed by atoms with Crippen LogP contribution in [0.1, 0.15) is 16.1 Å². The fourth-order valence-corrected chi connectivity index (χ4v) is 2.82. The molecule has 1 N–H and O–H groups in total. The highest BCUT2D eigenvalue weighted by molar-refractivity contribution is 6.38. The summed E-state index contributed by atoms with van der Waals surface area (Å²) in [7, 11) is 3.39. The molecular formula is C18H17ClN2O2. The molecule has 3 aromatic rings. The Morgan fingerprint density at radius 2 is 1.87 bits per heavy atom. The molecule has 0 bridgehead atoms. The fourth-order valence-electron chi connectivity index (χ4n) is 2.52. The molecule has 23 heavy (non-hydrogen) atoms. The molecule has 1 heterocycles. The van der Waals surface area contributed by atoms with Crippen LogP contribution in [-0.4, -0.2) is 29.9 Å². The SMILES string of the molecule is COc1ccc(CN(C)C(=O)c2[nH]c3ccccc3c2Cl)cc1. The molecule has 0 saturated carbocycles. The number of ether oxygens (including phenoxy) is 1. The average molecular weight is 329 g/mol. The third-order valence-corrected chi connectivity index (χ3v) is 4.17. The minimum Gasteiger partial charge on any atom is -0.497 e. The molecule has 0 aliphatic rings. The van der Waals surface area contributed by atoms with Gasteiger partial charge in [0.2, 0.25) is 0 Å². The van der Waals surface area contributed by atoms with Gasteiger partial charge in [0.15, 0.2) is 0 Å². The van der Waals surface area contributed by atoms with Crippen molar-refractivity contribution >= 4 is 28.4 Å². The number of carbonyl (C=O) groups excluding carboxylic acids is 1. The van der Waals surface area contributed by atoms with Crippen molar-refractivity contribution in [3.05, 3.63) is 64.8 Å². The zero-order valence-electron chi connectivity index (χ0n) is 13.0. The molecule has 118 valence electrons. The van der Waals surface area contributed by atoms with Gasteiger partial charge in [-0.1, -0.05) is 41.9 Å². The van der Waals surface area contributed by atoms with E-state index in [1.165, 1.54) is 0 Å². The smallest absolute Gasteiger partial charge is 0.271 e. The van der Waals surface area contributed by atoms with Crippen LogP contribution in [0.25, 0.3) is 10.9 Å². The van der Waals surface area contributed by atoms with Crippen LogP contribution in [0.4, 0.5) is 0 Å². The molecule has 0 unspecified atom stereocenters. The van der Waals surface area contributed by atoms with Crippen molar-refractivity contribution in [2.45, 2.75) is 6.54 Å². The second kappa shape index (κ2) is 6.34. The van der Waals surface area contributed by atoms with Crippen molar-refractivity contribution in [2.75, 3.05) is 14.2 Å². The van der Waals surface area contributed by atoms with Crippen LogP contribution in [0.2, 0.25) is 5.02 Å². The maximum absolute atomic E-state index is 12.6. The molecule has 0 saturated heterocycles. The van der Waals surface area contributed by atoms with Gasteiger partial charge in [-0.05, 0) is 23.8 Å². The van der Waals surface area contributed by atoms with Gasteiger partial charge in [0.25, 0.3) is 5.91 Å². The van der Waals surface area contributed by atoms with E-state index in [0.29, 0.717) is 17.3 Å². The summed E-state index contributed by atoms with van der Waals surface area (Å²) in [5.41, 5.74) is 2.30. The third-order valence-electron chi connectivity index (χ3n) is 3.78. The number of nitrogens with one attached hydrogen (secondary N) is 1. The van der Waals surface area contributed by atoms with E-state index in [1.807, 2.05) is 48.5 Å². The molecule has 4 nitrogen and oxygen atoms in total. The molecule has 0 aliphatic heterocycles. The molecule has 1 aromatic heterocycles. The number of carbonyl (C=O) groups is 1. The molecule has 0 aliphatic carbocycles. The molecule has 0 fully saturated rings. The highest BCUT2D eigenvalue weighted by Crippen LogP contribution is 2.28. The number of aromatic nitrogens is 1. The van der Waals surface area contributed by atoms with E-state index in [2.05, 4.69) is 4.98 Å². The summed E-state index contributed by atoms with van der Waals surface area (Å²) in [6.45, 7) is 0.495. The van der Waals surface area contributed by atoms with Crippen molar-refractivity contribution in [1.29, 1.82) is 0 Å². The Bertz CT molecular complexity index is 840. The Labute approximate surface area is 139 Å². The molecule has 0 atom stereocenters. The second-order valence-electron chi connectivity index (χ2n) is 5.37. The summed E-state index contributed by atoms with van der Waals surface area (Å²) in [6, 6.07) is 15.2. The normalized spacial score (nSPS) is 10.7. The lowest BCUT2D eigenvalue weighted by Gasteiger charge is -2.17. The van der Waals surface area contributed by atoms with E-state index < -0.39 is 0 Å². The van der Waals surface area contributed by atoms with Gasteiger partial charge in [0, 0.05) is 24.5 Å². The highest BCUT2D eigenvalue weighted by atomic mass is 35.5. The number of hydrogen-bond acceptors (Lipinski definition) is 2. The van der Waals surface area contributed by atoms with Crippen LogP contribution in [0.3, 0.4) is 0 Å². The van der Waals surface area contributed by atoms with Crippen LogP contribution in [0, 0.1) is 0 Å². The summed E-state index contributed by atoms with van der Waals surface area (Å²) in [5.74, 6) is 0.656. The summed E-state index contributed by atoms with van der Waals surface area (Å²) in [5, 5.41) is 1.32. The number of nitrogens with zero attached hydrogens (tertiary/aromatic N) is 1. The monoisotopic (exact) mass is 328 g/mol. The Morgan fingerprint density at radius 3 is 2.52 bits per heavy atom. The number of amides is 1. The maximum Gasteiger partial charge on any atom is 0.271 e. The lowest BCUT2D eigenvalue weighted by molar-refractivity contribution is 0.0780. The van der Waals surface area contributed by atoms with E-state index in [-0.39, 0.29) is 5.91 Å². The molecule has 2 aromatic carbocycles.